The summed E-state index contributed by atoms with van der Waals surface area (Å²) in [4.78, 5) is 0.379. The Morgan fingerprint density at radius 2 is 2.13 bits per heavy atom. The summed E-state index contributed by atoms with van der Waals surface area (Å²) >= 11 is 0. The molecule has 0 saturated heterocycles. The third-order valence-electron chi connectivity index (χ3n) is 3.94. The lowest BCUT2D eigenvalue weighted by Gasteiger charge is -2.42. The summed E-state index contributed by atoms with van der Waals surface area (Å²) < 4.78 is 24.2. The number of nitrogens with one attached hydrogen (secondary N) is 1. The molecular weight excluding hydrogens is 314 g/mol. The van der Waals surface area contributed by atoms with Crippen LogP contribution in [0.2, 0.25) is 0 Å². The third kappa shape index (κ3) is 3.34. The van der Waals surface area contributed by atoms with E-state index in [1.165, 1.54) is 0 Å². The van der Waals surface area contributed by atoms with E-state index in [1.807, 2.05) is 6.07 Å². The molecule has 1 atom stereocenters. The lowest BCUT2D eigenvalue weighted by Crippen LogP contribution is -2.42. The highest BCUT2D eigenvalue weighted by atomic mass is 32.3. The maximum absolute atomic E-state index is 12.7. The van der Waals surface area contributed by atoms with Gasteiger partial charge in [-0.3, -0.25) is 9.11 Å². The highest BCUT2D eigenvalue weighted by Gasteiger charge is 2.29. The average molecular weight is 335 g/mol. The van der Waals surface area contributed by atoms with Crippen LogP contribution in [0.5, 0.6) is 0 Å². The van der Waals surface area contributed by atoms with E-state index in [-0.39, 0.29) is 6.54 Å². The van der Waals surface area contributed by atoms with Crippen LogP contribution in [-0.4, -0.2) is 32.7 Å². The Morgan fingerprint density at radius 1 is 1.35 bits per heavy atom. The number of fused-ring (bicyclic) bond motifs is 1. The normalized spacial score (nSPS) is 26.6. The summed E-state index contributed by atoms with van der Waals surface area (Å²) in [7, 11) is -3.24. The van der Waals surface area contributed by atoms with Crippen LogP contribution in [0.15, 0.2) is 57.5 Å². The number of benzene rings is 1. The molecule has 0 aliphatic carbocycles. The molecule has 0 aromatic heterocycles. The number of rotatable bonds is 4. The highest BCUT2D eigenvalue weighted by Crippen LogP contribution is 2.55. The minimum atomic E-state index is -3.24. The van der Waals surface area contributed by atoms with Crippen LogP contribution in [0.3, 0.4) is 0 Å². The van der Waals surface area contributed by atoms with Gasteiger partial charge in [0.1, 0.15) is 11.4 Å². The molecule has 0 amide bonds. The topological polar surface area (TPSA) is 87.9 Å². The van der Waals surface area contributed by atoms with E-state index in [1.54, 1.807) is 36.6 Å². The zero-order chi connectivity index (χ0) is 16.5. The molecule has 23 heavy (non-hydrogen) atoms. The number of para-hydroxylation sites is 1. The molecule has 2 aliphatic rings. The lowest BCUT2D eigenvalue weighted by molar-refractivity contribution is -0.824. The van der Waals surface area contributed by atoms with E-state index in [0.717, 1.165) is 12.8 Å². The van der Waals surface area contributed by atoms with Crippen molar-refractivity contribution >= 4 is 22.3 Å². The molecule has 1 unspecified atom stereocenters. The lowest BCUT2D eigenvalue weighted by atomic mass is 10.1. The predicted octanol–water partition coefficient (Wildman–Crippen LogP) is 4.10. The van der Waals surface area contributed by atoms with Crippen LogP contribution in [0.25, 0.3) is 0 Å². The number of hydroxylamine groups is 3. The third-order valence-corrected chi connectivity index (χ3v) is 5.32. The van der Waals surface area contributed by atoms with E-state index >= 15 is 0 Å². The molecule has 7 heteroatoms. The van der Waals surface area contributed by atoms with Crippen molar-refractivity contribution in [1.82, 2.24) is 0 Å². The highest BCUT2D eigenvalue weighted by molar-refractivity contribution is 8.23. The number of anilines is 1. The molecule has 0 spiro atoms. The number of allylic oxidation sites excluding steroid dienone is 2. The Labute approximate surface area is 137 Å². The second-order valence-electron chi connectivity index (χ2n) is 5.80. The van der Waals surface area contributed by atoms with Gasteiger partial charge in [0.25, 0.3) is 0 Å². The minimum Gasteiger partial charge on any atom is -0.628 e. The van der Waals surface area contributed by atoms with Crippen LogP contribution >= 0.6 is 10.8 Å². The van der Waals surface area contributed by atoms with Crippen LogP contribution < -0.4 is 5.32 Å². The van der Waals surface area contributed by atoms with Gasteiger partial charge in [0, 0.05) is 0 Å². The Morgan fingerprint density at radius 3 is 2.91 bits per heavy atom. The molecular formula is C16H21N3O3S. The first-order valence-corrected chi connectivity index (χ1v) is 9.15. The van der Waals surface area contributed by atoms with Gasteiger partial charge < -0.3 is 15.2 Å². The molecule has 3 rings (SSSR count). The first-order chi connectivity index (χ1) is 10.9. The van der Waals surface area contributed by atoms with Crippen LogP contribution in [0.1, 0.15) is 19.8 Å². The van der Waals surface area contributed by atoms with Crippen molar-refractivity contribution < 1.29 is 13.8 Å². The van der Waals surface area contributed by atoms with Gasteiger partial charge in [-0.05, 0) is 30.7 Å². The molecule has 2 aliphatic heterocycles. The van der Waals surface area contributed by atoms with E-state index < -0.39 is 15.4 Å². The van der Waals surface area contributed by atoms with Crippen molar-refractivity contribution in [2.45, 2.75) is 24.7 Å². The predicted molar refractivity (Wildman–Crippen MR) is 94.1 cm³/mol. The maximum Gasteiger partial charge on any atom is 0.159 e. The summed E-state index contributed by atoms with van der Waals surface area (Å²) in [6, 6.07) is 6.97. The fourth-order valence-electron chi connectivity index (χ4n) is 2.72. The Hall–Kier alpha value is -1.64. The monoisotopic (exact) mass is 335 g/mol. The van der Waals surface area contributed by atoms with Gasteiger partial charge >= 0.3 is 0 Å². The van der Waals surface area contributed by atoms with Gasteiger partial charge in [-0.25, -0.2) is 0 Å². The Bertz CT molecular complexity index is 700. The number of amidine groups is 1. The SMILES string of the molecule is CCCC[N+]1([O-])C=CC=C(C2=NS(O)(O)c3ccccc3N2)C1. The first kappa shape index (κ1) is 16.2. The Kier molecular flexibility index (Phi) is 4.31. The standard InChI is InChI=1S/C16H21N3O3S/c1-2-3-10-19(20)11-6-7-13(12-19)16-17-14-8-4-5-9-15(14)23(21,22)18-16/h4-9,11,21-22H,2-3,10,12H2,1H3,(H,17,18). The van der Waals surface area contributed by atoms with Gasteiger partial charge in [-0.1, -0.05) is 36.3 Å². The fourth-order valence-corrected chi connectivity index (χ4v) is 3.91. The second kappa shape index (κ2) is 6.10. The number of unbranched alkanes of at least 4 members (excludes halogenated alkanes) is 1. The van der Waals surface area contributed by atoms with Crippen molar-refractivity contribution in [3.05, 3.63) is 53.4 Å². The average Bonchev–Trinajstić information content (AvgIpc) is 2.52. The zero-order valence-corrected chi connectivity index (χ0v) is 13.8. The molecule has 0 saturated carbocycles. The quantitative estimate of drug-likeness (QED) is 0.571. The first-order valence-electron chi connectivity index (χ1n) is 7.64. The van der Waals surface area contributed by atoms with Gasteiger partial charge in [0.05, 0.1) is 24.0 Å². The molecule has 6 nitrogen and oxygen atoms in total. The Balaban J connectivity index is 1.87. The smallest absolute Gasteiger partial charge is 0.159 e. The van der Waals surface area contributed by atoms with Crippen molar-refractivity contribution in [3.63, 3.8) is 0 Å². The molecule has 0 fully saturated rings. The number of hydrogen-bond donors (Lipinski definition) is 3. The van der Waals surface area contributed by atoms with Crippen LogP contribution in [0.4, 0.5) is 5.69 Å². The molecule has 1 aromatic rings. The molecule has 2 heterocycles. The largest absolute Gasteiger partial charge is 0.628 e. The minimum absolute atomic E-state index is 0.236. The number of quaternary nitrogens is 1. The van der Waals surface area contributed by atoms with Crippen molar-refractivity contribution in [2.75, 3.05) is 18.4 Å². The summed E-state index contributed by atoms with van der Waals surface area (Å²) in [5, 5.41) is 15.9. The van der Waals surface area contributed by atoms with Crippen molar-refractivity contribution in [2.24, 2.45) is 4.40 Å². The molecule has 0 radical (unpaired) electrons. The molecule has 124 valence electrons. The summed E-state index contributed by atoms with van der Waals surface area (Å²) in [5.74, 6) is 0.364. The van der Waals surface area contributed by atoms with E-state index in [9.17, 15) is 14.3 Å². The summed E-state index contributed by atoms with van der Waals surface area (Å²) in [6.07, 6.45) is 6.96. The fraction of sp³-hybridized carbons (Fsp3) is 0.312. The van der Waals surface area contributed by atoms with E-state index in [2.05, 4.69) is 16.6 Å². The maximum atomic E-state index is 12.7. The van der Waals surface area contributed by atoms with Crippen LogP contribution in [0, 0.1) is 5.21 Å². The number of hydrogen-bond acceptors (Lipinski definition) is 5. The van der Waals surface area contributed by atoms with Crippen molar-refractivity contribution in [3.8, 4) is 0 Å². The molecule has 1 aromatic carbocycles. The van der Waals surface area contributed by atoms with Crippen LogP contribution in [-0.2, 0) is 0 Å². The summed E-state index contributed by atoms with van der Waals surface area (Å²) in [5.41, 5.74) is 1.30. The second-order valence-corrected chi connectivity index (χ2v) is 7.46. The summed E-state index contributed by atoms with van der Waals surface area (Å²) in [6.45, 7) is 2.79. The molecule has 3 N–H and O–H groups in total. The zero-order valence-electron chi connectivity index (χ0n) is 13.0. The molecule has 0 bridgehead atoms. The van der Waals surface area contributed by atoms with Gasteiger partial charge in [0.2, 0.25) is 0 Å². The van der Waals surface area contributed by atoms with E-state index in [4.69, 9.17) is 0 Å². The van der Waals surface area contributed by atoms with Gasteiger partial charge in [0.15, 0.2) is 5.84 Å². The van der Waals surface area contributed by atoms with Gasteiger partial charge in [-0.2, -0.15) is 0 Å². The van der Waals surface area contributed by atoms with Crippen molar-refractivity contribution in [1.29, 1.82) is 0 Å². The number of nitrogens with zero attached hydrogens (tertiary/aromatic N) is 2. The van der Waals surface area contributed by atoms with Gasteiger partial charge in [-0.15, -0.1) is 4.40 Å². The van der Waals surface area contributed by atoms with E-state index in [0.29, 0.717) is 28.5 Å².